The number of carbonyl (C=O) groups excluding carboxylic acids is 4. The first-order valence-corrected chi connectivity index (χ1v) is 5.29. The van der Waals surface area contributed by atoms with Gasteiger partial charge in [0.15, 0.2) is 0 Å². The fourth-order valence-corrected chi connectivity index (χ4v) is 0. The summed E-state index contributed by atoms with van der Waals surface area (Å²) in [6, 6.07) is 0. The minimum Gasteiger partial charge on any atom is -0.370 e. The van der Waals surface area contributed by atoms with Gasteiger partial charge in [-0.3, -0.25) is 19.2 Å². The van der Waals surface area contributed by atoms with Gasteiger partial charge in [-0.25, -0.2) is 0 Å². The van der Waals surface area contributed by atoms with Crippen LogP contribution in [0.25, 0.3) is 0 Å². The van der Waals surface area contributed by atoms with E-state index in [2.05, 4.69) is 22.9 Å². The van der Waals surface area contributed by atoms with E-state index >= 15 is 0 Å². The molecule has 0 bridgehead atoms. The lowest BCUT2D eigenvalue weighted by molar-refractivity contribution is -0.116. The average Bonchev–Trinajstić information content (AvgIpc) is 2.13. The predicted octanol–water partition coefficient (Wildman–Crippen LogP) is -3.13. The molecule has 0 radical (unpaired) electrons. The third kappa shape index (κ3) is 2400. The van der Waals surface area contributed by atoms with E-state index in [1.807, 2.05) is 0 Å². The molecule has 0 saturated carbocycles. The first-order valence-electron chi connectivity index (χ1n) is 5.29. The molecule has 0 spiro atoms. The quantitative estimate of drug-likeness (QED) is 0.293. The summed E-state index contributed by atoms with van der Waals surface area (Å²) in [5, 5.41) is 0. The van der Waals surface area contributed by atoms with Gasteiger partial charge in [0, 0.05) is 40.8 Å². The number of carbonyl (C=O) groups is 4. The molecular formula is C10H28N6O4. The van der Waals surface area contributed by atoms with Crippen molar-refractivity contribution in [3.63, 3.8) is 0 Å². The van der Waals surface area contributed by atoms with Crippen molar-refractivity contribution in [2.24, 2.45) is 34.4 Å². The Bertz CT molecular complexity index is 192. The Balaban J connectivity index is -0.0000000469. The third-order valence-electron chi connectivity index (χ3n) is 0.167. The Labute approximate surface area is 119 Å². The van der Waals surface area contributed by atoms with Gasteiger partial charge in [-0.2, -0.15) is 0 Å². The van der Waals surface area contributed by atoms with Gasteiger partial charge < -0.3 is 34.4 Å². The highest BCUT2D eigenvalue weighted by Crippen LogP contribution is 1.34. The minimum atomic E-state index is -0.333. The zero-order valence-corrected chi connectivity index (χ0v) is 12.5. The number of rotatable bonds is 1. The molecule has 0 aliphatic heterocycles. The summed E-state index contributed by atoms with van der Waals surface area (Å²) >= 11 is 0. The molecule has 0 saturated heterocycles. The maximum absolute atomic E-state index is 9.22. The molecule has 0 aromatic carbocycles. The van der Waals surface area contributed by atoms with Crippen LogP contribution in [0.1, 0.15) is 27.7 Å². The summed E-state index contributed by atoms with van der Waals surface area (Å²) in [6.07, 6.45) is 0. The van der Waals surface area contributed by atoms with E-state index in [1.54, 1.807) is 0 Å². The molecular weight excluding hydrogens is 268 g/mol. The Morgan fingerprint density at radius 3 is 0.600 bits per heavy atom. The molecule has 10 heteroatoms. The maximum Gasteiger partial charge on any atom is 0.214 e. The number of amides is 4. The molecule has 0 aromatic heterocycles. The summed E-state index contributed by atoms with van der Waals surface area (Å²) in [5.41, 5.74) is 27.7. The highest BCUT2D eigenvalue weighted by Gasteiger charge is 1.62. The molecule has 20 heavy (non-hydrogen) atoms. The van der Waals surface area contributed by atoms with Crippen LogP contribution in [0.15, 0.2) is 0 Å². The van der Waals surface area contributed by atoms with E-state index in [-0.39, 0.29) is 23.6 Å². The second kappa shape index (κ2) is 30.1. The molecule has 0 aliphatic carbocycles. The summed E-state index contributed by atoms with van der Waals surface area (Å²) in [5.74, 6) is -1.33. The van der Waals surface area contributed by atoms with Gasteiger partial charge in [0.1, 0.15) is 0 Å². The SMILES string of the molecule is CC(N)=O.CC(N)=O.CC(N)=O.CC(N)=O.NCCN. The van der Waals surface area contributed by atoms with E-state index in [1.165, 1.54) is 27.7 Å². The zero-order valence-electron chi connectivity index (χ0n) is 12.5. The lowest BCUT2D eigenvalue weighted by atomic mass is 10.7. The first-order chi connectivity index (χ1) is 8.84. The van der Waals surface area contributed by atoms with E-state index in [4.69, 9.17) is 11.5 Å². The van der Waals surface area contributed by atoms with Gasteiger partial charge in [0.05, 0.1) is 0 Å². The monoisotopic (exact) mass is 296 g/mol. The van der Waals surface area contributed by atoms with Crippen LogP contribution in [0.2, 0.25) is 0 Å². The van der Waals surface area contributed by atoms with Crippen LogP contribution in [-0.2, 0) is 19.2 Å². The number of hydrogen-bond acceptors (Lipinski definition) is 6. The van der Waals surface area contributed by atoms with Crippen molar-refractivity contribution in [1.82, 2.24) is 0 Å². The minimum absolute atomic E-state index is 0.333. The molecule has 0 rings (SSSR count). The lowest BCUT2D eigenvalue weighted by Crippen LogP contribution is -2.11. The second-order valence-electron chi connectivity index (χ2n) is 3.02. The summed E-state index contributed by atoms with van der Waals surface area (Å²) in [7, 11) is 0. The Morgan fingerprint density at radius 2 is 0.600 bits per heavy atom. The second-order valence-corrected chi connectivity index (χ2v) is 3.02. The van der Waals surface area contributed by atoms with Crippen molar-refractivity contribution in [2.75, 3.05) is 13.1 Å². The molecule has 0 unspecified atom stereocenters. The Morgan fingerprint density at radius 1 is 0.550 bits per heavy atom. The third-order valence-corrected chi connectivity index (χ3v) is 0.167. The van der Waals surface area contributed by atoms with Crippen LogP contribution in [0.4, 0.5) is 0 Å². The molecule has 0 heterocycles. The van der Waals surface area contributed by atoms with Gasteiger partial charge in [-0.1, -0.05) is 0 Å². The Kier molecular flexibility index (Phi) is 46.2. The normalized spacial score (nSPS) is 6.50. The van der Waals surface area contributed by atoms with Gasteiger partial charge >= 0.3 is 0 Å². The largest absolute Gasteiger partial charge is 0.370 e. The van der Waals surface area contributed by atoms with Crippen LogP contribution < -0.4 is 34.4 Å². The van der Waals surface area contributed by atoms with Crippen LogP contribution in [0, 0.1) is 0 Å². The topological polar surface area (TPSA) is 224 Å². The molecule has 4 amide bonds. The number of hydrogen-bond donors (Lipinski definition) is 6. The van der Waals surface area contributed by atoms with Crippen molar-refractivity contribution < 1.29 is 19.2 Å². The van der Waals surface area contributed by atoms with Crippen LogP contribution >= 0.6 is 0 Å². The molecule has 12 N–H and O–H groups in total. The fraction of sp³-hybridized carbons (Fsp3) is 0.600. The predicted molar refractivity (Wildman–Crippen MR) is 77.6 cm³/mol. The lowest BCUT2D eigenvalue weighted by Gasteiger charge is -1.72. The fourth-order valence-electron chi connectivity index (χ4n) is 0. The smallest absolute Gasteiger partial charge is 0.214 e. The van der Waals surface area contributed by atoms with E-state index in [0.717, 1.165) is 0 Å². The Hall–Kier alpha value is -2.20. The molecule has 0 fully saturated rings. The van der Waals surface area contributed by atoms with Crippen LogP contribution in [-0.4, -0.2) is 36.7 Å². The van der Waals surface area contributed by atoms with Gasteiger partial charge in [0.2, 0.25) is 23.6 Å². The standard InChI is InChI=1S/C2H8N2.4C2H5NO/c3-1-2-4;4*1-2(3)4/h1-4H2;4*1H3,(H2,3,4). The van der Waals surface area contributed by atoms with E-state index < -0.39 is 0 Å². The zero-order chi connectivity index (χ0) is 17.7. The maximum atomic E-state index is 9.22. The molecule has 0 atom stereocenters. The molecule has 0 aliphatic rings. The van der Waals surface area contributed by atoms with Crippen molar-refractivity contribution in [2.45, 2.75) is 27.7 Å². The highest BCUT2D eigenvalue weighted by molar-refractivity contribution is 5.71. The highest BCUT2D eigenvalue weighted by atomic mass is 16.2. The number of nitrogens with two attached hydrogens (primary N) is 6. The molecule has 0 aromatic rings. The van der Waals surface area contributed by atoms with Crippen LogP contribution in [0.5, 0.6) is 0 Å². The van der Waals surface area contributed by atoms with Crippen LogP contribution in [0.3, 0.4) is 0 Å². The van der Waals surface area contributed by atoms with Crippen molar-refractivity contribution in [3.8, 4) is 0 Å². The van der Waals surface area contributed by atoms with Crippen molar-refractivity contribution >= 4 is 23.6 Å². The van der Waals surface area contributed by atoms with Gasteiger partial charge in [-0.05, 0) is 0 Å². The summed E-state index contributed by atoms with van der Waals surface area (Å²) < 4.78 is 0. The van der Waals surface area contributed by atoms with Crippen molar-refractivity contribution in [3.05, 3.63) is 0 Å². The van der Waals surface area contributed by atoms with E-state index in [9.17, 15) is 19.2 Å². The summed E-state index contributed by atoms with van der Waals surface area (Å²) in [6.45, 7) is 6.42. The first kappa shape index (κ1) is 30.7. The molecule has 10 nitrogen and oxygen atoms in total. The molecule has 122 valence electrons. The number of primary amides is 4. The van der Waals surface area contributed by atoms with Gasteiger partial charge in [0.25, 0.3) is 0 Å². The average molecular weight is 296 g/mol. The van der Waals surface area contributed by atoms with Crippen molar-refractivity contribution in [1.29, 1.82) is 0 Å². The van der Waals surface area contributed by atoms with Gasteiger partial charge in [-0.15, -0.1) is 0 Å². The van der Waals surface area contributed by atoms with E-state index in [0.29, 0.717) is 13.1 Å². The summed E-state index contributed by atoms with van der Waals surface area (Å²) in [4.78, 5) is 36.9.